The molecule has 0 fully saturated rings. The van der Waals surface area contributed by atoms with Crippen LogP contribution in [0.4, 0.5) is 0 Å². The summed E-state index contributed by atoms with van der Waals surface area (Å²) in [5.74, 6) is 0. The van der Waals surface area contributed by atoms with E-state index in [1.54, 1.807) is 0 Å². The Morgan fingerprint density at radius 2 is 0.882 bits per heavy atom. The minimum Gasteiger partial charge on any atom is -0.391 e. The molecule has 0 saturated carbocycles. The van der Waals surface area contributed by atoms with Crippen LogP contribution in [0.5, 0.6) is 0 Å². The summed E-state index contributed by atoms with van der Waals surface area (Å²) >= 11 is 0. The Hall–Kier alpha value is 0.110. The largest absolute Gasteiger partial charge is 0.391 e. The lowest BCUT2D eigenvalue weighted by molar-refractivity contribution is -0.931. The summed E-state index contributed by atoms with van der Waals surface area (Å²) in [6.45, 7) is 7.72. The molecule has 0 aliphatic heterocycles. The monoisotopic (exact) mass is 751 g/mol. The summed E-state index contributed by atoms with van der Waals surface area (Å²) in [6.07, 6.45) is 35.9. The Labute approximate surface area is 318 Å². The number of rotatable bonds is 44. The second kappa shape index (κ2) is 41.3. The average Bonchev–Trinajstić information content (AvgIpc) is 3.11. The third-order valence-corrected chi connectivity index (χ3v) is 11.2. The molecule has 0 aromatic rings. The van der Waals surface area contributed by atoms with Crippen LogP contribution in [-0.4, -0.2) is 103 Å². The normalized spacial score (nSPS) is 13.5. The third kappa shape index (κ3) is 35.6. The third-order valence-electron chi connectivity index (χ3n) is 10.5. The molecular weight excluding hydrogens is 661 g/mol. The molecular formula is C42H89NO7P+. The van der Waals surface area contributed by atoms with Crippen molar-refractivity contribution in [1.29, 1.82) is 0 Å². The Morgan fingerprint density at radius 1 is 0.490 bits per heavy atom. The first kappa shape index (κ1) is 51.1. The highest BCUT2D eigenvalue weighted by atomic mass is 31.1. The van der Waals surface area contributed by atoms with E-state index in [0.29, 0.717) is 50.3 Å². The smallest absolute Gasteiger partial charge is 0.155 e. The van der Waals surface area contributed by atoms with Crippen molar-refractivity contribution >= 4 is 9.03 Å². The van der Waals surface area contributed by atoms with Gasteiger partial charge in [0, 0.05) is 13.0 Å². The van der Waals surface area contributed by atoms with E-state index < -0.39 is 6.10 Å². The highest BCUT2D eigenvalue weighted by Crippen LogP contribution is 2.23. The Bertz CT molecular complexity index is 646. The van der Waals surface area contributed by atoms with Gasteiger partial charge < -0.3 is 38.7 Å². The number of aliphatic hydroxyl groups excluding tert-OH is 4. The van der Waals surface area contributed by atoms with Gasteiger partial charge in [-0.3, -0.25) is 0 Å². The zero-order chi connectivity index (χ0) is 37.4. The molecule has 9 heteroatoms. The molecule has 0 rings (SSSR count). The van der Waals surface area contributed by atoms with Crippen LogP contribution >= 0.6 is 9.03 Å². The molecule has 0 spiro atoms. The molecule has 8 nitrogen and oxygen atoms in total. The number of quaternary nitrogens is 1. The molecule has 0 aromatic heterocycles. The van der Waals surface area contributed by atoms with Crippen LogP contribution in [0.1, 0.15) is 194 Å². The van der Waals surface area contributed by atoms with Gasteiger partial charge in [0.05, 0.1) is 39.1 Å². The fourth-order valence-electron chi connectivity index (χ4n) is 7.13. The molecule has 0 aliphatic rings. The van der Waals surface area contributed by atoms with Crippen LogP contribution in [0.25, 0.3) is 0 Å². The molecule has 0 aromatic carbocycles. The van der Waals surface area contributed by atoms with Gasteiger partial charge in [-0.25, -0.2) is 0 Å². The van der Waals surface area contributed by atoms with Gasteiger partial charge in [-0.1, -0.05) is 174 Å². The van der Waals surface area contributed by atoms with Crippen LogP contribution in [0.2, 0.25) is 0 Å². The van der Waals surface area contributed by atoms with Crippen LogP contribution in [-0.2, 0) is 13.8 Å². The van der Waals surface area contributed by atoms with E-state index in [2.05, 4.69) is 13.8 Å². The minimum atomic E-state index is -0.648. The van der Waals surface area contributed by atoms with Gasteiger partial charge in [0.15, 0.2) is 9.03 Å². The lowest BCUT2D eigenvalue weighted by Crippen LogP contribution is -2.56. The van der Waals surface area contributed by atoms with E-state index in [-0.39, 0.29) is 35.0 Å². The number of aliphatic hydroxyl groups is 4. The molecule has 51 heavy (non-hydrogen) atoms. The van der Waals surface area contributed by atoms with E-state index in [1.807, 2.05) is 0 Å². The van der Waals surface area contributed by atoms with E-state index in [9.17, 15) is 20.4 Å². The van der Waals surface area contributed by atoms with Crippen LogP contribution in [0.3, 0.4) is 0 Å². The Kier molecular flexibility index (Phi) is 41.4. The Morgan fingerprint density at radius 3 is 1.29 bits per heavy atom. The summed E-state index contributed by atoms with van der Waals surface area (Å²) in [4.78, 5) is 0. The predicted octanol–water partition coefficient (Wildman–Crippen LogP) is 10.0. The standard InChI is InChI=1S/C42H89NO7P/c1-3-5-7-9-11-13-15-17-18-20-22-24-26-28-37-48-40-42(29-27-25-23-21-19-16-14-12-10-8-6-4-2)50-51-49-38-30-41(47)39-43(31-34-44,32-35-45)33-36-46/h41-42,44-47,51H,3-40H2,1-2H3/q+1. The van der Waals surface area contributed by atoms with Crippen molar-refractivity contribution in [1.82, 2.24) is 0 Å². The lowest BCUT2D eigenvalue weighted by Gasteiger charge is -2.38. The highest BCUT2D eigenvalue weighted by molar-refractivity contribution is 7.26. The van der Waals surface area contributed by atoms with Gasteiger partial charge in [-0.2, -0.15) is 0 Å². The number of hydrogen-bond donors (Lipinski definition) is 4. The number of nitrogens with zero attached hydrogens (tertiary/aromatic N) is 1. The molecule has 0 aliphatic carbocycles. The fourth-order valence-corrected chi connectivity index (χ4v) is 7.72. The second-order valence-electron chi connectivity index (χ2n) is 15.3. The molecule has 4 N–H and O–H groups in total. The topological polar surface area (TPSA) is 109 Å². The second-order valence-corrected chi connectivity index (χ2v) is 16.0. The van der Waals surface area contributed by atoms with Crippen molar-refractivity contribution in [2.24, 2.45) is 0 Å². The van der Waals surface area contributed by atoms with Crippen molar-refractivity contribution < 1.29 is 38.7 Å². The van der Waals surface area contributed by atoms with Crippen molar-refractivity contribution in [2.45, 2.75) is 206 Å². The van der Waals surface area contributed by atoms with Gasteiger partial charge in [0.2, 0.25) is 0 Å². The van der Waals surface area contributed by atoms with Crippen molar-refractivity contribution in [3.8, 4) is 0 Å². The van der Waals surface area contributed by atoms with E-state index in [4.69, 9.17) is 13.8 Å². The van der Waals surface area contributed by atoms with E-state index in [1.165, 1.54) is 154 Å². The number of unbranched alkanes of at least 4 members (excludes halogenated alkanes) is 24. The van der Waals surface area contributed by atoms with Gasteiger partial charge in [-0.05, 0) is 12.8 Å². The summed E-state index contributed by atoms with van der Waals surface area (Å²) in [5.41, 5.74) is 0. The van der Waals surface area contributed by atoms with Gasteiger partial charge in [-0.15, -0.1) is 0 Å². The molecule has 3 atom stereocenters. The lowest BCUT2D eigenvalue weighted by atomic mass is 10.0. The molecule has 0 heterocycles. The van der Waals surface area contributed by atoms with Crippen molar-refractivity contribution in [3.05, 3.63) is 0 Å². The number of hydrogen-bond acceptors (Lipinski definition) is 7. The molecule has 308 valence electrons. The van der Waals surface area contributed by atoms with E-state index in [0.717, 1.165) is 25.9 Å². The molecule has 0 radical (unpaired) electrons. The van der Waals surface area contributed by atoms with Gasteiger partial charge in [0.25, 0.3) is 0 Å². The maximum Gasteiger partial charge on any atom is 0.155 e. The Balaban J connectivity index is 4.28. The molecule has 0 saturated heterocycles. The molecule has 3 unspecified atom stereocenters. The summed E-state index contributed by atoms with van der Waals surface area (Å²) in [6, 6.07) is 0. The first-order valence-corrected chi connectivity index (χ1v) is 22.8. The summed E-state index contributed by atoms with van der Waals surface area (Å²) in [7, 11) is -0.0931. The zero-order valence-corrected chi connectivity index (χ0v) is 35.0. The summed E-state index contributed by atoms with van der Waals surface area (Å²) in [5, 5.41) is 39.2. The fraction of sp³-hybridized carbons (Fsp3) is 1.00. The van der Waals surface area contributed by atoms with Crippen LogP contribution in [0.15, 0.2) is 0 Å². The van der Waals surface area contributed by atoms with Crippen molar-refractivity contribution in [2.75, 3.05) is 65.8 Å². The summed E-state index contributed by atoms with van der Waals surface area (Å²) < 4.78 is 18.4. The molecule has 0 amide bonds. The van der Waals surface area contributed by atoms with Crippen molar-refractivity contribution in [3.63, 3.8) is 0 Å². The van der Waals surface area contributed by atoms with E-state index >= 15 is 0 Å². The van der Waals surface area contributed by atoms with Crippen LogP contribution < -0.4 is 0 Å². The first-order valence-electron chi connectivity index (χ1n) is 22.0. The predicted molar refractivity (Wildman–Crippen MR) is 218 cm³/mol. The van der Waals surface area contributed by atoms with Gasteiger partial charge >= 0.3 is 0 Å². The van der Waals surface area contributed by atoms with Crippen LogP contribution in [0, 0.1) is 0 Å². The average molecular weight is 751 g/mol. The minimum absolute atomic E-state index is 0.0333. The zero-order valence-electron chi connectivity index (χ0n) is 34.0. The number of ether oxygens (including phenoxy) is 1. The maximum atomic E-state index is 10.7. The first-order chi connectivity index (χ1) is 25.1. The maximum absolute atomic E-state index is 10.7. The molecule has 0 bridgehead atoms. The van der Waals surface area contributed by atoms with Gasteiger partial charge in [0.1, 0.15) is 32.3 Å². The SMILES string of the molecule is CCCCCCCCCCCCCCCCOCC(CCCCCCCCCCCCCC)OPOCCC(O)C[N+](CCO)(CCO)CCO. The highest BCUT2D eigenvalue weighted by Gasteiger charge is 2.29. The quantitative estimate of drug-likeness (QED) is 0.0279.